The van der Waals surface area contributed by atoms with Crippen LogP contribution in [0.25, 0.3) is 5.82 Å². The van der Waals surface area contributed by atoms with E-state index >= 15 is 0 Å². The predicted molar refractivity (Wildman–Crippen MR) is 90.1 cm³/mol. The lowest BCUT2D eigenvalue weighted by atomic mass is 10.2. The van der Waals surface area contributed by atoms with Gasteiger partial charge >= 0.3 is 0 Å². The Kier molecular flexibility index (Phi) is 4.86. The normalized spacial score (nSPS) is 10.4. The third kappa shape index (κ3) is 3.78. The smallest absolute Gasteiger partial charge is 0.251 e. The topological polar surface area (TPSA) is 69.0 Å². The van der Waals surface area contributed by atoms with E-state index in [9.17, 15) is 4.79 Å². The van der Waals surface area contributed by atoms with Gasteiger partial charge in [-0.1, -0.05) is 6.07 Å². The zero-order chi connectivity index (χ0) is 16.8. The van der Waals surface area contributed by atoms with E-state index in [0.29, 0.717) is 18.7 Å². The third-order valence-electron chi connectivity index (χ3n) is 3.43. The Bertz CT molecular complexity index is 781. The first kappa shape index (κ1) is 15.7. The van der Waals surface area contributed by atoms with Crippen LogP contribution in [-0.4, -0.2) is 27.3 Å². The van der Waals surface area contributed by atoms with Gasteiger partial charge in [0, 0.05) is 30.7 Å². The number of benzene rings is 1. The van der Waals surface area contributed by atoms with Gasteiger partial charge < -0.3 is 10.1 Å². The predicted octanol–water partition coefficient (Wildman–Crippen LogP) is 2.60. The number of nitrogens with one attached hydrogen (secondary N) is 1. The Morgan fingerprint density at radius 1 is 1.21 bits per heavy atom. The van der Waals surface area contributed by atoms with Crippen LogP contribution in [0.2, 0.25) is 0 Å². The van der Waals surface area contributed by atoms with Crippen LogP contribution in [0, 0.1) is 0 Å². The van der Waals surface area contributed by atoms with Gasteiger partial charge in [0.2, 0.25) is 0 Å². The fraction of sp³-hybridized carbons (Fsp3) is 0.167. The molecule has 0 bridgehead atoms. The van der Waals surface area contributed by atoms with Gasteiger partial charge in [0.15, 0.2) is 5.82 Å². The fourth-order valence-corrected chi connectivity index (χ4v) is 2.21. The number of rotatable bonds is 6. The van der Waals surface area contributed by atoms with E-state index in [1.54, 1.807) is 41.3 Å². The lowest BCUT2D eigenvalue weighted by molar-refractivity contribution is 0.0951. The molecule has 122 valence electrons. The molecule has 1 aromatic carbocycles. The van der Waals surface area contributed by atoms with Crippen LogP contribution in [-0.2, 0) is 6.54 Å². The number of nitrogens with zero attached hydrogens (tertiary/aromatic N) is 3. The Morgan fingerprint density at radius 2 is 2.04 bits per heavy atom. The molecule has 0 radical (unpaired) electrons. The van der Waals surface area contributed by atoms with Crippen molar-refractivity contribution in [2.75, 3.05) is 6.61 Å². The van der Waals surface area contributed by atoms with E-state index < -0.39 is 0 Å². The SMILES string of the molecule is CCOc1ccc(C(=O)NCc2ccc(-n3cccn3)nc2)cc1. The van der Waals surface area contributed by atoms with Gasteiger partial charge in [0.25, 0.3) is 5.91 Å². The van der Waals surface area contributed by atoms with Crippen molar-refractivity contribution in [1.82, 2.24) is 20.1 Å². The number of hydrogen-bond donors (Lipinski definition) is 1. The molecule has 0 aliphatic heterocycles. The molecule has 24 heavy (non-hydrogen) atoms. The fourth-order valence-electron chi connectivity index (χ4n) is 2.21. The minimum absolute atomic E-state index is 0.130. The summed E-state index contributed by atoms with van der Waals surface area (Å²) < 4.78 is 7.05. The van der Waals surface area contributed by atoms with Crippen molar-refractivity contribution in [3.63, 3.8) is 0 Å². The van der Waals surface area contributed by atoms with Gasteiger partial charge in [-0.3, -0.25) is 4.79 Å². The second-order valence-corrected chi connectivity index (χ2v) is 5.12. The Labute approximate surface area is 140 Å². The second kappa shape index (κ2) is 7.41. The molecule has 0 atom stereocenters. The van der Waals surface area contributed by atoms with E-state index in [1.807, 2.05) is 31.3 Å². The lowest BCUT2D eigenvalue weighted by Crippen LogP contribution is -2.22. The molecule has 6 nitrogen and oxygen atoms in total. The molecule has 0 saturated carbocycles. The molecule has 2 aromatic heterocycles. The molecule has 3 rings (SSSR count). The summed E-state index contributed by atoms with van der Waals surface area (Å²) in [5, 5.41) is 7.00. The summed E-state index contributed by atoms with van der Waals surface area (Å²) in [4.78, 5) is 16.5. The van der Waals surface area contributed by atoms with Crippen LogP contribution in [0.3, 0.4) is 0 Å². The molecular formula is C18H18N4O2. The van der Waals surface area contributed by atoms with E-state index in [1.165, 1.54) is 0 Å². The molecule has 2 heterocycles. The number of hydrogen-bond acceptors (Lipinski definition) is 4. The summed E-state index contributed by atoms with van der Waals surface area (Å²) in [7, 11) is 0. The molecule has 0 spiro atoms. The van der Waals surface area contributed by atoms with E-state index in [-0.39, 0.29) is 5.91 Å². The van der Waals surface area contributed by atoms with Gasteiger partial charge in [-0.05, 0) is 48.9 Å². The maximum absolute atomic E-state index is 12.2. The number of aromatic nitrogens is 3. The van der Waals surface area contributed by atoms with Gasteiger partial charge in [-0.2, -0.15) is 5.10 Å². The quantitative estimate of drug-likeness (QED) is 0.757. The van der Waals surface area contributed by atoms with Crippen LogP contribution in [0.5, 0.6) is 5.75 Å². The minimum Gasteiger partial charge on any atom is -0.494 e. The molecule has 0 unspecified atom stereocenters. The van der Waals surface area contributed by atoms with Crippen molar-refractivity contribution in [2.45, 2.75) is 13.5 Å². The summed E-state index contributed by atoms with van der Waals surface area (Å²) in [6.45, 7) is 2.94. The van der Waals surface area contributed by atoms with Crippen molar-refractivity contribution in [2.24, 2.45) is 0 Å². The molecular weight excluding hydrogens is 304 g/mol. The van der Waals surface area contributed by atoms with Crippen molar-refractivity contribution in [3.05, 3.63) is 72.2 Å². The van der Waals surface area contributed by atoms with Crippen molar-refractivity contribution < 1.29 is 9.53 Å². The monoisotopic (exact) mass is 322 g/mol. The van der Waals surface area contributed by atoms with Crippen molar-refractivity contribution >= 4 is 5.91 Å². The third-order valence-corrected chi connectivity index (χ3v) is 3.43. The van der Waals surface area contributed by atoms with Crippen LogP contribution in [0.4, 0.5) is 0 Å². The zero-order valence-corrected chi connectivity index (χ0v) is 13.3. The first-order valence-corrected chi connectivity index (χ1v) is 7.72. The first-order valence-electron chi connectivity index (χ1n) is 7.72. The molecule has 3 aromatic rings. The Morgan fingerprint density at radius 3 is 2.67 bits per heavy atom. The molecule has 1 amide bonds. The largest absolute Gasteiger partial charge is 0.494 e. The van der Waals surface area contributed by atoms with Gasteiger partial charge in [0.05, 0.1) is 6.61 Å². The summed E-state index contributed by atoms with van der Waals surface area (Å²) >= 11 is 0. The van der Waals surface area contributed by atoms with Gasteiger partial charge in [-0.25, -0.2) is 9.67 Å². The van der Waals surface area contributed by atoms with Gasteiger partial charge in [-0.15, -0.1) is 0 Å². The molecule has 6 heteroatoms. The molecule has 0 fully saturated rings. The number of carbonyl (C=O) groups excluding carboxylic acids is 1. The number of pyridine rings is 1. The minimum atomic E-state index is -0.130. The highest BCUT2D eigenvalue weighted by Gasteiger charge is 2.06. The lowest BCUT2D eigenvalue weighted by Gasteiger charge is -2.07. The molecule has 1 N–H and O–H groups in total. The van der Waals surface area contributed by atoms with Crippen LogP contribution in [0.15, 0.2) is 61.1 Å². The van der Waals surface area contributed by atoms with E-state index in [4.69, 9.17) is 4.74 Å². The summed E-state index contributed by atoms with van der Waals surface area (Å²) in [6, 6.07) is 12.7. The average molecular weight is 322 g/mol. The Balaban J connectivity index is 1.57. The molecule has 0 saturated heterocycles. The number of amides is 1. The summed E-state index contributed by atoms with van der Waals surface area (Å²) in [6.07, 6.45) is 5.26. The van der Waals surface area contributed by atoms with Crippen LogP contribution < -0.4 is 10.1 Å². The van der Waals surface area contributed by atoms with Crippen LogP contribution in [0.1, 0.15) is 22.8 Å². The number of carbonyl (C=O) groups is 1. The maximum atomic E-state index is 12.2. The number of ether oxygens (including phenoxy) is 1. The molecule has 0 aliphatic rings. The summed E-state index contributed by atoms with van der Waals surface area (Å²) in [5.74, 6) is 1.36. The average Bonchev–Trinajstić information content (AvgIpc) is 3.16. The first-order chi connectivity index (χ1) is 11.8. The van der Waals surface area contributed by atoms with E-state index in [0.717, 1.165) is 17.1 Å². The Hall–Kier alpha value is -3.15. The standard InChI is InChI=1S/C18H18N4O2/c1-2-24-16-7-5-15(6-8-16)18(23)20-13-14-4-9-17(19-12-14)22-11-3-10-21-22/h3-12H,2,13H2,1H3,(H,20,23). The second-order valence-electron chi connectivity index (χ2n) is 5.12. The van der Waals surface area contributed by atoms with E-state index in [2.05, 4.69) is 15.4 Å². The van der Waals surface area contributed by atoms with Crippen molar-refractivity contribution in [1.29, 1.82) is 0 Å². The molecule has 0 aliphatic carbocycles. The highest BCUT2D eigenvalue weighted by Crippen LogP contribution is 2.12. The zero-order valence-electron chi connectivity index (χ0n) is 13.3. The van der Waals surface area contributed by atoms with Gasteiger partial charge in [0.1, 0.15) is 5.75 Å². The highest BCUT2D eigenvalue weighted by atomic mass is 16.5. The maximum Gasteiger partial charge on any atom is 0.251 e. The van der Waals surface area contributed by atoms with Crippen molar-refractivity contribution in [3.8, 4) is 11.6 Å². The summed E-state index contributed by atoms with van der Waals surface area (Å²) in [5.41, 5.74) is 1.52. The highest BCUT2D eigenvalue weighted by molar-refractivity contribution is 5.94. The van der Waals surface area contributed by atoms with Crippen LogP contribution >= 0.6 is 0 Å².